The lowest BCUT2D eigenvalue weighted by atomic mass is 9.90. The molecule has 1 fully saturated rings. The molecule has 0 saturated carbocycles. The second-order valence-corrected chi connectivity index (χ2v) is 5.46. The molecule has 0 bridgehead atoms. The van der Waals surface area contributed by atoms with Crippen molar-refractivity contribution in [3.8, 4) is 0 Å². The highest BCUT2D eigenvalue weighted by molar-refractivity contribution is 5.68. The van der Waals surface area contributed by atoms with Gasteiger partial charge in [0.05, 0.1) is 0 Å². The van der Waals surface area contributed by atoms with Crippen LogP contribution in [0.25, 0.3) is 0 Å². The third kappa shape index (κ3) is 5.80. The molecule has 1 saturated heterocycles. The van der Waals surface area contributed by atoms with Crippen LogP contribution in [0.15, 0.2) is 0 Å². The average molecular weight is 346 g/mol. The van der Waals surface area contributed by atoms with Gasteiger partial charge in [-0.1, -0.05) is 6.92 Å². The molecule has 5 atom stereocenters. The van der Waals surface area contributed by atoms with E-state index < -0.39 is 54.4 Å². The fourth-order valence-electron chi connectivity index (χ4n) is 2.42. The van der Waals surface area contributed by atoms with Crippen molar-refractivity contribution < 1.29 is 42.9 Å². The van der Waals surface area contributed by atoms with E-state index in [9.17, 15) is 19.2 Å². The van der Waals surface area contributed by atoms with Gasteiger partial charge in [-0.25, -0.2) is 0 Å². The normalized spacial score (nSPS) is 29.3. The molecule has 0 aliphatic carbocycles. The molecule has 0 spiro atoms. The highest BCUT2D eigenvalue weighted by Gasteiger charge is 2.49. The van der Waals surface area contributed by atoms with Crippen LogP contribution in [0.5, 0.6) is 0 Å². The summed E-state index contributed by atoms with van der Waals surface area (Å²) >= 11 is 0. The summed E-state index contributed by atoms with van der Waals surface area (Å²) in [5.41, 5.74) is 0. The zero-order valence-electron chi connectivity index (χ0n) is 14.3. The smallest absolute Gasteiger partial charge is 0.305 e. The van der Waals surface area contributed by atoms with E-state index in [1.54, 1.807) is 6.92 Å². The first-order chi connectivity index (χ1) is 11.1. The van der Waals surface area contributed by atoms with Crippen LogP contribution in [0.3, 0.4) is 0 Å². The van der Waals surface area contributed by atoms with Crippen molar-refractivity contribution >= 4 is 23.9 Å². The van der Waals surface area contributed by atoms with Crippen molar-refractivity contribution in [2.75, 3.05) is 6.61 Å². The van der Waals surface area contributed by atoms with Crippen LogP contribution in [0.2, 0.25) is 0 Å². The topological polar surface area (TPSA) is 114 Å². The summed E-state index contributed by atoms with van der Waals surface area (Å²) in [6, 6.07) is 0. The van der Waals surface area contributed by atoms with Gasteiger partial charge in [0, 0.05) is 33.6 Å². The number of esters is 4. The summed E-state index contributed by atoms with van der Waals surface area (Å²) in [6.07, 6.45) is -3.89. The molecule has 1 aliphatic rings. The molecule has 1 aliphatic heterocycles. The van der Waals surface area contributed by atoms with Gasteiger partial charge in [0.25, 0.3) is 0 Å². The zero-order chi connectivity index (χ0) is 18.4. The predicted molar refractivity (Wildman–Crippen MR) is 77.3 cm³/mol. The van der Waals surface area contributed by atoms with Gasteiger partial charge in [-0.15, -0.1) is 0 Å². The minimum Gasteiger partial charge on any atom is -0.463 e. The first kappa shape index (κ1) is 19.9. The van der Waals surface area contributed by atoms with E-state index in [1.165, 1.54) is 27.7 Å². The Kier molecular flexibility index (Phi) is 7.15. The maximum atomic E-state index is 11.4. The van der Waals surface area contributed by atoms with Crippen LogP contribution in [0.4, 0.5) is 0 Å². The number of carbonyl (C=O) groups excluding carboxylic acids is 4. The zero-order valence-corrected chi connectivity index (χ0v) is 14.3. The number of hydrogen-bond donors (Lipinski definition) is 0. The molecule has 0 aromatic rings. The largest absolute Gasteiger partial charge is 0.463 e. The summed E-state index contributed by atoms with van der Waals surface area (Å²) in [4.78, 5) is 45.0. The summed E-state index contributed by atoms with van der Waals surface area (Å²) in [5.74, 6) is -2.92. The van der Waals surface area contributed by atoms with Crippen LogP contribution < -0.4 is 0 Å². The average Bonchev–Trinajstić information content (AvgIpc) is 2.42. The number of hydrogen-bond acceptors (Lipinski definition) is 9. The van der Waals surface area contributed by atoms with Gasteiger partial charge in [0.1, 0.15) is 18.8 Å². The first-order valence-corrected chi connectivity index (χ1v) is 7.42. The van der Waals surface area contributed by atoms with E-state index in [1.807, 2.05) is 0 Å². The van der Waals surface area contributed by atoms with E-state index >= 15 is 0 Å². The molecule has 1 rings (SSSR count). The summed E-state index contributed by atoms with van der Waals surface area (Å²) in [6.45, 7) is 6.26. The number of rotatable bonds is 5. The Morgan fingerprint density at radius 3 is 1.75 bits per heavy atom. The molecule has 4 unspecified atom stereocenters. The van der Waals surface area contributed by atoms with Crippen molar-refractivity contribution in [1.82, 2.24) is 0 Å². The lowest BCUT2D eigenvalue weighted by molar-refractivity contribution is -0.285. The third-order valence-corrected chi connectivity index (χ3v) is 3.32. The molecule has 0 N–H and O–H groups in total. The molecule has 1 heterocycles. The monoisotopic (exact) mass is 346 g/mol. The van der Waals surface area contributed by atoms with E-state index in [4.69, 9.17) is 23.7 Å². The lowest BCUT2D eigenvalue weighted by Crippen LogP contribution is -2.58. The first-order valence-electron chi connectivity index (χ1n) is 7.42. The number of carbonyl (C=O) groups is 4. The maximum absolute atomic E-state index is 11.4. The van der Waals surface area contributed by atoms with Crippen LogP contribution in [0, 0.1) is 5.92 Å². The Morgan fingerprint density at radius 1 is 0.792 bits per heavy atom. The van der Waals surface area contributed by atoms with Crippen LogP contribution in [-0.2, 0) is 42.9 Å². The van der Waals surface area contributed by atoms with E-state index in [0.717, 1.165) is 0 Å². The van der Waals surface area contributed by atoms with Crippen molar-refractivity contribution in [2.24, 2.45) is 5.92 Å². The Morgan fingerprint density at radius 2 is 1.29 bits per heavy atom. The standard InChI is InChI=1S/C15H22O9/c1-7-13(21-9(3)17)12(6-20-8(2)16)24-15(23-11(5)19)14(7)22-10(4)18/h7,12-15H,6H2,1-5H3/t7?,12?,13-,14?,15?/m0/s1. The predicted octanol–water partition coefficient (Wildman–Crippen LogP) is 0.337. The van der Waals surface area contributed by atoms with Gasteiger partial charge in [0.2, 0.25) is 6.29 Å². The highest BCUT2D eigenvalue weighted by atomic mass is 16.7. The molecule has 9 nitrogen and oxygen atoms in total. The van der Waals surface area contributed by atoms with Crippen molar-refractivity contribution in [2.45, 2.75) is 59.2 Å². The van der Waals surface area contributed by atoms with Gasteiger partial charge in [-0.2, -0.15) is 0 Å². The molecule has 9 heteroatoms. The van der Waals surface area contributed by atoms with Crippen LogP contribution >= 0.6 is 0 Å². The summed E-state index contributed by atoms with van der Waals surface area (Å²) in [5, 5.41) is 0. The van der Waals surface area contributed by atoms with Gasteiger partial charge >= 0.3 is 23.9 Å². The quantitative estimate of drug-likeness (QED) is 0.513. The van der Waals surface area contributed by atoms with Gasteiger partial charge in [0.15, 0.2) is 6.10 Å². The summed E-state index contributed by atoms with van der Waals surface area (Å²) in [7, 11) is 0. The molecule has 0 radical (unpaired) electrons. The summed E-state index contributed by atoms with van der Waals surface area (Å²) < 4.78 is 25.9. The van der Waals surface area contributed by atoms with Crippen molar-refractivity contribution in [1.29, 1.82) is 0 Å². The molecular weight excluding hydrogens is 324 g/mol. The van der Waals surface area contributed by atoms with Crippen LogP contribution in [-0.4, -0.2) is 55.1 Å². The van der Waals surface area contributed by atoms with Gasteiger partial charge in [-0.05, 0) is 0 Å². The van der Waals surface area contributed by atoms with E-state index in [0.29, 0.717) is 0 Å². The van der Waals surface area contributed by atoms with Crippen LogP contribution in [0.1, 0.15) is 34.6 Å². The fraction of sp³-hybridized carbons (Fsp3) is 0.733. The second kappa shape index (κ2) is 8.62. The molecule has 136 valence electrons. The highest BCUT2D eigenvalue weighted by Crippen LogP contribution is 2.31. The van der Waals surface area contributed by atoms with E-state index in [2.05, 4.69) is 0 Å². The Bertz CT molecular complexity index is 499. The third-order valence-electron chi connectivity index (χ3n) is 3.32. The molecule has 0 amide bonds. The van der Waals surface area contributed by atoms with E-state index in [-0.39, 0.29) is 6.61 Å². The second-order valence-electron chi connectivity index (χ2n) is 5.46. The minimum atomic E-state index is -1.20. The Balaban J connectivity index is 3.04. The molecule has 24 heavy (non-hydrogen) atoms. The van der Waals surface area contributed by atoms with Gasteiger partial charge < -0.3 is 23.7 Å². The Hall–Kier alpha value is -2.16. The molecular formula is C15H22O9. The Labute approximate surface area is 139 Å². The van der Waals surface area contributed by atoms with Gasteiger partial charge in [-0.3, -0.25) is 19.2 Å². The lowest BCUT2D eigenvalue weighted by Gasteiger charge is -2.43. The fourth-order valence-corrected chi connectivity index (χ4v) is 2.42. The number of ether oxygens (including phenoxy) is 5. The maximum Gasteiger partial charge on any atom is 0.305 e. The minimum absolute atomic E-state index is 0.206. The van der Waals surface area contributed by atoms with Crippen molar-refractivity contribution in [3.63, 3.8) is 0 Å². The molecule has 0 aromatic carbocycles. The molecule has 0 aromatic heterocycles. The SMILES string of the molecule is CC(=O)OCC1OC(OC(C)=O)C(OC(C)=O)C(C)[C@@H]1OC(C)=O. The van der Waals surface area contributed by atoms with Crippen molar-refractivity contribution in [3.05, 3.63) is 0 Å².